The van der Waals surface area contributed by atoms with Gasteiger partial charge in [-0.05, 0) is 18.2 Å². The Hall–Kier alpha value is -2.82. The molecule has 0 saturated carbocycles. The van der Waals surface area contributed by atoms with E-state index in [1.165, 1.54) is 0 Å². The van der Waals surface area contributed by atoms with Crippen LogP contribution in [0.4, 0.5) is 0 Å². The van der Waals surface area contributed by atoms with Crippen LogP contribution in [0, 0.1) is 0 Å². The number of rotatable bonds is 1. The van der Waals surface area contributed by atoms with Gasteiger partial charge in [-0.25, -0.2) is 15.0 Å². The summed E-state index contributed by atoms with van der Waals surface area (Å²) in [6.07, 6.45) is 7.17. The van der Waals surface area contributed by atoms with Crippen molar-refractivity contribution >= 4 is 16.8 Å². The molecule has 0 aliphatic carbocycles. The molecule has 0 saturated heterocycles. The molecule has 0 N–H and O–H groups in total. The van der Waals surface area contributed by atoms with Crippen molar-refractivity contribution in [3.8, 4) is 11.4 Å². The largest absolute Gasteiger partial charge is 0.282 e. The number of hydrogen-bond donors (Lipinski definition) is 0. The average molecular weight is 247 g/mol. The molecule has 3 heterocycles. The quantitative estimate of drug-likeness (QED) is 0.518. The molecule has 0 bridgehead atoms. The summed E-state index contributed by atoms with van der Waals surface area (Å²) in [7, 11) is 0. The zero-order valence-corrected chi connectivity index (χ0v) is 9.93. The second kappa shape index (κ2) is 3.84. The van der Waals surface area contributed by atoms with Crippen molar-refractivity contribution in [2.75, 3.05) is 0 Å². The Bertz CT molecular complexity index is 881. The molecule has 0 radical (unpaired) electrons. The summed E-state index contributed by atoms with van der Waals surface area (Å²) in [5, 5.41) is 0. The van der Waals surface area contributed by atoms with Crippen molar-refractivity contribution in [2.24, 2.45) is 0 Å². The number of hydrogen-bond acceptors (Lipinski definition) is 4. The Kier molecular flexibility index (Phi) is 2.05. The van der Waals surface area contributed by atoms with Gasteiger partial charge in [-0.1, -0.05) is 12.1 Å². The third-order valence-electron chi connectivity index (χ3n) is 3.00. The number of nitrogens with zero attached hydrogens (tertiary/aromatic N) is 5. The van der Waals surface area contributed by atoms with Crippen LogP contribution in [0.2, 0.25) is 0 Å². The normalized spacial score (nSPS) is 11.2. The number of imidazole rings is 1. The van der Waals surface area contributed by atoms with E-state index < -0.39 is 0 Å². The summed E-state index contributed by atoms with van der Waals surface area (Å²) in [6.45, 7) is 0. The van der Waals surface area contributed by atoms with Gasteiger partial charge in [0.15, 0.2) is 0 Å². The molecule has 0 amide bonds. The highest BCUT2D eigenvalue weighted by Crippen LogP contribution is 2.19. The first-order chi connectivity index (χ1) is 9.42. The fourth-order valence-electron chi connectivity index (χ4n) is 2.10. The van der Waals surface area contributed by atoms with Crippen LogP contribution < -0.4 is 0 Å². The molecule has 90 valence electrons. The van der Waals surface area contributed by atoms with Crippen molar-refractivity contribution in [1.29, 1.82) is 0 Å². The van der Waals surface area contributed by atoms with E-state index in [9.17, 15) is 0 Å². The van der Waals surface area contributed by atoms with Gasteiger partial charge in [0.1, 0.15) is 5.69 Å². The topological polar surface area (TPSA) is 56.0 Å². The Morgan fingerprint density at radius 3 is 2.68 bits per heavy atom. The lowest BCUT2D eigenvalue weighted by Crippen LogP contribution is -1.93. The summed E-state index contributed by atoms with van der Waals surface area (Å²) in [5.41, 5.74) is 3.44. The Balaban J connectivity index is 1.99. The van der Waals surface area contributed by atoms with E-state index in [0.717, 1.165) is 22.4 Å². The number of benzene rings is 1. The molecule has 19 heavy (non-hydrogen) atoms. The second-order valence-corrected chi connectivity index (χ2v) is 4.18. The molecule has 0 aliphatic rings. The van der Waals surface area contributed by atoms with Crippen LogP contribution in [-0.4, -0.2) is 24.3 Å². The third-order valence-corrected chi connectivity index (χ3v) is 3.00. The van der Waals surface area contributed by atoms with E-state index in [2.05, 4.69) is 19.9 Å². The maximum Gasteiger partial charge on any atom is 0.234 e. The lowest BCUT2D eigenvalue weighted by molar-refractivity contribution is 1.10. The molecule has 4 aromatic rings. The van der Waals surface area contributed by atoms with Crippen LogP contribution >= 0.6 is 0 Å². The van der Waals surface area contributed by atoms with Crippen LogP contribution in [-0.2, 0) is 0 Å². The molecule has 3 aromatic heterocycles. The van der Waals surface area contributed by atoms with E-state index in [4.69, 9.17) is 0 Å². The van der Waals surface area contributed by atoms with Gasteiger partial charge >= 0.3 is 0 Å². The van der Waals surface area contributed by atoms with Gasteiger partial charge in [-0.2, -0.15) is 0 Å². The van der Waals surface area contributed by atoms with Crippen LogP contribution in [0.3, 0.4) is 0 Å². The zero-order valence-electron chi connectivity index (χ0n) is 9.93. The standard InChI is InChI=1S/C14H9N5/c1-2-5-11-10(4-1)16-8-12(18-11)13-9-17-14-15-6-3-7-19(13)14/h1-9H. The molecule has 5 nitrogen and oxygen atoms in total. The fourth-order valence-corrected chi connectivity index (χ4v) is 2.10. The summed E-state index contributed by atoms with van der Waals surface area (Å²) in [6, 6.07) is 9.67. The maximum absolute atomic E-state index is 4.62. The zero-order chi connectivity index (χ0) is 12.7. The van der Waals surface area contributed by atoms with Crippen molar-refractivity contribution in [2.45, 2.75) is 0 Å². The molecule has 4 rings (SSSR count). The monoisotopic (exact) mass is 247 g/mol. The van der Waals surface area contributed by atoms with Crippen molar-refractivity contribution in [3.63, 3.8) is 0 Å². The SMILES string of the molecule is c1ccc2nc(-c3cnc4ncccn34)cnc2c1. The summed E-state index contributed by atoms with van der Waals surface area (Å²) >= 11 is 0. The highest BCUT2D eigenvalue weighted by Gasteiger charge is 2.08. The van der Waals surface area contributed by atoms with E-state index in [1.54, 1.807) is 18.6 Å². The highest BCUT2D eigenvalue weighted by atomic mass is 15.1. The highest BCUT2D eigenvalue weighted by molar-refractivity contribution is 5.76. The van der Waals surface area contributed by atoms with Gasteiger partial charge in [0.05, 0.1) is 29.1 Å². The van der Waals surface area contributed by atoms with E-state index >= 15 is 0 Å². The van der Waals surface area contributed by atoms with Crippen LogP contribution in [0.15, 0.2) is 55.1 Å². The maximum atomic E-state index is 4.62. The first-order valence-electron chi connectivity index (χ1n) is 5.92. The molecule has 1 aromatic carbocycles. The Morgan fingerprint density at radius 2 is 1.74 bits per heavy atom. The third kappa shape index (κ3) is 1.55. The van der Waals surface area contributed by atoms with Gasteiger partial charge < -0.3 is 0 Å². The Morgan fingerprint density at radius 1 is 0.842 bits per heavy atom. The van der Waals surface area contributed by atoms with Crippen molar-refractivity contribution in [1.82, 2.24) is 24.3 Å². The van der Waals surface area contributed by atoms with Gasteiger partial charge in [0, 0.05) is 12.4 Å². The second-order valence-electron chi connectivity index (χ2n) is 4.18. The van der Waals surface area contributed by atoms with Crippen molar-refractivity contribution in [3.05, 3.63) is 55.1 Å². The molecule has 0 atom stereocenters. The first-order valence-corrected chi connectivity index (χ1v) is 5.92. The minimum Gasteiger partial charge on any atom is -0.282 e. The lowest BCUT2D eigenvalue weighted by atomic mass is 10.2. The van der Waals surface area contributed by atoms with E-state index in [-0.39, 0.29) is 0 Å². The molecule has 0 fully saturated rings. The predicted molar refractivity (Wildman–Crippen MR) is 71.5 cm³/mol. The summed E-state index contributed by atoms with van der Waals surface area (Å²) in [4.78, 5) is 17.5. The van der Waals surface area contributed by atoms with Gasteiger partial charge in [-0.3, -0.25) is 9.38 Å². The smallest absolute Gasteiger partial charge is 0.234 e. The molecule has 0 spiro atoms. The van der Waals surface area contributed by atoms with Gasteiger partial charge in [0.2, 0.25) is 5.78 Å². The van der Waals surface area contributed by atoms with E-state index in [0.29, 0.717) is 5.78 Å². The number of aromatic nitrogens is 5. The summed E-state index contributed by atoms with van der Waals surface area (Å²) in [5.74, 6) is 0.660. The fraction of sp³-hybridized carbons (Fsp3) is 0. The van der Waals surface area contributed by atoms with Gasteiger partial charge in [-0.15, -0.1) is 0 Å². The molecular formula is C14H9N5. The minimum absolute atomic E-state index is 0.660. The Labute approximate surface area is 108 Å². The molecule has 0 unspecified atom stereocenters. The molecule has 0 aliphatic heterocycles. The van der Waals surface area contributed by atoms with Crippen LogP contribution in [0.5, 0.6) is 0 Å². The van der Waals surface area contributed by atoms with Crippen LogP contribution in [0.1, 0.15) is 0 Å². The number of para-hydroxylation sites is 2. The first kappa shape index (κ1) is 10.1. The predicted octanol–water partition coefficient (Wildman–Crippen LogP) is 2.34. The average Bonchev–Trinajstić information content (AvgIpc) is 2.91. The molecule has 5 heteroatoms. The van der Waals surface area contributed by atoms with Crippen LogP contribution in [0.25, 0.3) is 28.2 Å². The minimum atomic E-state index is 0.660. The van der Waals surface area contributed by atoms with Gasteiger partial charge in [0.25, 0.3) is 0 Å². The lowest BCUT2D eigenvalue weighted by Gasteiger charge is -2.02. The summed E-state index contributed by atoms with van der Waals surface area (Å²) < 4.78 is 1.90. The van der Waals surface area contributed by atoms with E-state index in [1.807, 2.05) is 40.9 Å². The molecular weight excluding hydrogens is 238 g/mol. The number of fused-ring (bicyclic) bond motifs is 2. The van der Waals surface area contributed by atoms with Crippen molar-refractivity contribution < 1.29 is 0 Å².